The monoisotopic (exact) mass is 2020 g/mol. The third kappa shape index (κ3) is 33.0. The number of methoxy groups -OCH3 is 1. The van der Waals surface area contributed by atoms with Gasteiger partial charge in [0.1, 0.15) is 46.8 Å². The fourth-order valence-corrected chi connectivity index (χ4v) is 23.9. The molecule has 20 rings (SSSR count). The van der Waals surface area contributed by atoms with E-state index in [9.17, 15) is 0 Å². The highest BCUT2D eigenvalue weighted by Gasteiger charge is 2.43. The maximum absolute atomic E-state index is 6.33. The molecule has 0 radical (unpaired) electrons. The van der Waals surface area contributed by atoms with Crippen LogP contribution in [0.3, 0.4) is 0 Å². The Morgan fingerprint density at radius 2 is 0.728 bits per heavy atom. The summed E-state index contributed by atoms with van der Waals surface area (Å²) in [6.07, 6.45) is 30.3. The third-order valence-corrected chi connectivity index (χ3v) is 33.7. The van der Waals surface area contributed by atoms with E-state index in [0.717, 1.165) is 372 Å². The van der Waals surface area contributed by atoms with Crippen LogP contribution >= 0.6 is 0 Å². The number of aromatic nitrogens is 4. The Morgan fingerprint density at radius 3 is 1.15 bits per heavy atom. The molecule has 5 aromatic carbocycles. The van der Waals surface area contributed by atoms with E-state index in [1.54, 1.807) is 19.5 Å². The minimum atomic E-state index is -0.0478. The van der Waals surface area contributed by atoms with Crippen LogP contribution in [0.15, 0.2) is 189 Å². The van der Waals surface area contributed by atoms with Gasteiger partial charge in [-0.25, -0.2) is 4.98 Å². The van der Waals surface area contributed by atoms with Gasteiger partial charge in [-0.1, -0.05) is 72.8 Å². The molecular weight excluding hydrogens is 1840 g/mol. The van der Waals surface area contributed by atoms with Gasteiger partial charge in [0.2, 0.25) is 0 Å². The van der Waals surface area contributed by atoms with Gasteiger partial charge < -0.3 is 92.0 Å². The molecule has 0 aliphatic carbocycles. The predicted octanol–water partition coefficient (Wildman–Crippen LogP) is 18.1. The highest BCUT2D eigenvalue weighted by molar-refractivity contribution is 5.44. The lowest BCUT2D eigenvalue weighted by molar-refractivity contribution is -0.00121. The van der Waals surface area contributed by atoms with Gasteiger partial charge in [0.25, 0.3) is 0 Å². The molecule has 26 heteroatoms. The summed E-state index contributed by atoms with van der Waals surface area (Å²) < 4.78 is 70.0. The molecule has 0 spiro atoms. The SMILES string of the molecule is CC(C)N1CC(COc2ccc(C3(CNc4ccccn4)CCOCC3)cc2)C1.CC(C)N1CCC(Oc2ccc(C3(CN4CCOCC4)CCOCC3)cc2)CC1.CC(C)N1CCC(Oc2ccc(C3(CNc4ccnnc4)CCOCC3)cc2)CC1.COCCN1CCN(CC2(c3ccc(OCCCN4CCCC4)cc3)CCOCC2)CC1.c1ccc(C2(c3ccc(OCCCN4CCCC4)cc3)CCOCC2)nc1. The molecule has 15 heterocycles. The van der Waals surface area contributed by atoms with Crippen molar-refractivity contribution in [3.8, 4) is 28.7 Å². The Bertz CT molecular complexity index is 4910. The van der Waals surface area contributed by atoms with Crippen LogP contribution in [0.2, 0.25) is 0 Å². The summed E-state index contributed by atoms with van der Waals surface area (Å²) in [7, 11) is 1.79. The van der Waals surface area contributed by atoms with Crippen LogP contribution in [-0.2, 0) is 60.2 Å². The predicted molar refractivity (Wildman–Crippen MR) is 587 cm³/mol. The summed E-state index contributed by atoms with van der Waals surface area (Å²) in [5, 5.41) is 14.9. The van der Waals surface area contributed by atoms with Crippen molar-refractivity contribution in [1.29, 1.82) is 0 Å². The summed E-state index contributed by atoms with van der Waals surface area (Å²) in [6.45, 7) is 52.6. The molecule has 0 unspecified atom stereocenters. The summed E-state index contributed by atoms with van der Waals surface area (Å²) in [6, 6.07) is 60.3. The average Bonchev–Trinajstić information content (AvgIpc) is 1.06. The number of rotatable bonds is 39. The number of morpholine rings is 1. The van der Waals surface area contributed by atoms with Crippen LogP contribution in [0.5, 0.6) is 28.7 Å². The van der Waals surface area contributed by atoms with Crippen molar-refractivity contribution >= 4 is 11.5 Å². The first-order chi connectivity index (χ1) is 72.1. The van der Waals surface area contributed by atoms with Gasteiger partial charge in [-0.15, -0.1) is 0 Å². The Hall–Kier alpha value is -8.52. The van der Waals surface area contributed by atoms with Crippen LogP contribution in [-0.4, -0.2) is 353 Å². The molecule has 3 aromatic heterocycles. The van der Waals surface area contributed by atoms with Crippen molar-refractivity contribution in [2.45, 2.75) is 227 Å². The Balaban J connectivity index is 0.000000131. The summed E-state index contributed by atoms with van der Waals surface area (Å²) in [5.41, 5.74) is 9.52. The number of benzene rings is 5. The number of nitrogens with one attached hydrogen (secondary N) is 2. The molecule has 0 saturated carbocycles. The van der Waals surface area contributed by atoms with E-state index in [-0.39, 0.29) is 27.1 Å². The zero-order chi connectivity index (χ0) is 101. The van der Waals surface area contributed by atoms with E-state index in [1.165, 1.54) is 86.2 Å². The van der Waals surface area contributed by atoms with E-state index in [2.05, 4.69) is 245 Å². The fourth-order valence-electron chi connectivity index (χ4n) is 23.9. The zero-order valence-corrected chi connectivity index (χ0v) is 90.3. The lowest BCUT2D eigenvalue weighted by atomic mass is 9.71. The molecule has 26 nitrogen and oxygen atoms in total. The number of piperazine rings is 1. The minimum absolute atomic E-state index is 0.0478. The lowest BCUT2D eigenvalue weighted by Gasteiger charge is -2.44. The molecule has 12 aliphatic heterocycles. The maximum atomic E-state index is 6.33. The molecule has 8 aromatic rings. The molecule has 0 bridgehead atoms. The highest BCUT2D eigenvalue weighted by Crippen LogP contribution is 2.45. The molecule has 12 saturated heterocycles. The molecule has 147 heavy (non-hydrogen) atoms. The van der Waals surface area contributed by atoms with Gasteiger partial charge in [-0.2, -0.15) is 10.2 Å². The van der Waals surface area contributed by atoms with Gasteiger partial charge in [0, 0.05) is 261 Å². The average molecular weight is 2020 g/mol. The maximum Gasteiger partial charge on any atom is 0.125 e. The van der Waals surface area contributed by atoms with Crippen LogP contribution in [0.25, 0.3) is 0 Å². The Kier molecular flexibility index (Phi) is 43.7. The number of nitrogens with zero attached hydrogens (tertiary/aromatic N) is 12. The van der Waals surface area contributed by atoms with Gasteiger partial charge in [0.05, 0.1) is 63.4 Å². The summed E-state index contributed by atoms with van der Waals surface area (Å²) >= 11 is 0. The summed E-state index contributed by atoms with van der Waals surface area (Å²) in [4.78, 5) is 29.5. The number of hydrogen-bond acceptors (Lipinski definition) is 26. The van der Waals surface area contributed by atoms with E-state index in [4.69, 9.17) is 56.8 Å². The molecule has 0 atom stereocenters. The smallest absolute Gasteiger partial charge is 0.125 e. The second-order valence-electron chi connectivity index (χ2n) is 44.3. The van der Waals surface area contributed by atoms with Crippen LogP contribution < -0.4 is 34.3 Å². The minimum Gasteiger partial charge on any atom is -0.494 e. The zero-order valence-electron chi connectivity index (χ0n) is 90.3. The van der Waals surface area contributed by atoms with Gasteiger partial charge in [-0.3, -0.25) is 19.7 Å². The molecule has 804 valence electrons. The standard InChI is InChI=1S/C26H43N3O3.C24H34N4O2.C24H33N3O2.C24H38N2O3.C23H30N2O2/c1-30-22-18-28-14-16-29(17-15-28)23-26(9-20-31-21-10-26)24-5-7-25(8-6-24)32-19-4-13-27-11-2-3-12-27;1-19(2)28-13-8-23(9-14-28)30-22-5-3-20(4-6-22)24(10-15-29-16-11-24)18-25-21-7-12-26-27-17-21;1-19(2)27-15-20(16-27)17-29-22-8-6-21(7-9-22)24(10-13-28-14-11-24)18-26-23-5-3-4-12-25-23;1-20(2)26-11-7-23(8-12-26)29-22-5-3-21(4-6-22)24(9-15-27-16-10-24)19-25-13-17-28-18-14-25;1-2-13-24-22(6-1)23(11-18-26-19-12-23)20-7-9-21(10-8-20)27-17-5-16-25-14-3-4-15-25/h5-8H,2-4,9-23H2,1H3;3-7,12,17,19,23H,8-11,13-16,18H2,1-2H3,(H,25,26);3-9,12,19-20H,10-11,13-18H2,1-2H3,(H,25,26);3-6,20,23H,7-19H2,1-2H3;1-2,6-10,13H,3-5,11-12,14-19H2. The molecule has 12 aliphatic rings. The molecular formula is C121H178N14O12. The number of pyridine rings is 2. The largest absolute Gasteiger partial charge is 0.494 e. The highest BCUT2D eigenvalue weighted by atomic mass is 16.5. The van der Waals surface area contributed by atoms with Gasteiger partial charge in [0.15, 0.2) is 0 Å². The second kappa shape index (κ2) is 57.8. The number of hydrogen-bond donors (Lipinski definition) is 2. The molecule has 2 N–H and O–H groups in total. The van der Waals surface area contributed by atoms with Crippen LogP contribution in [0, 0.1) is 5.92 Å². The van der Waals surface area contributed by atoms with E-state index in [1.807, 2.05) is 42.7 Å². The topological polar surface area (TPSA) is 212 Å². The second-order valence-corrected chi connectivity index (χ2v) is 44.3. The third-order valence-electron chi connectivity index (χ3n) is 33.7. The van der Waals surface area contributed by atoms with E-state index < -0.39 is 0 Å². The van der Waals surface area contributed by atoms with Crippen LogP contribution in [0.1, 0.15) is 203 Å². The number of ether oxygens (including phenoxy) is 12. The van der Waals surface area contributed by atoms with Crippen molar-refractivity contribution in [3.05, 3.63) is 222 Å². The van der Waals surface area contributed by atoms with Crippen molar-refractivity contribution < 1.29 is 56.8 Å². The number of likely N-dealkylation sites (tertiary alicyclic amines) is 5. The van der Waals surface area contributed by atoms with Gasteiger partial charge >= 0.3 is 0 Å². The van der Waals surface area contributed by atoms with Gasteiger partial charge in [-0.05, 0) is 315 Å². The summed E-state index contributed by atoms with van der Waals surface area (Å²) in [5.74, 6) is 6.51. The quantitative estimate of drug-likeness (QED) is 0.0343. The van der Waals surface area contributed by atoms with Crippen molar-refractivity contribution in [2.24, 2.45) is 5.92 Å². The molecule has 12 fully saturated rings. The van der Waals surface area contributed by atoms with Crippen molar-refractivity contribution in [3.63, 3.8) is 0 Å². The number of anilines is 2. The van der Waals surface area contributed by atoms with E-state index >= 15 is 0 Å². The first-order valence-electron chi connectivity index (χ1n) is 56.7. The lowest BCUT2D eigenvalue weighted by Crippen LogP contribution is -2.52. The van der Waals surface area contributed by atoms with Crippen LogP contribution in [0.4, 0.5) is 11.5 Å². The molecule has 0 amide bonds. The van der Waals surface area contributed by atoms with Crippen molar-refractivity contribution in [1.82, 2.24) is 59.4 Å². The normalized spacial score (nSPS) is 21.5. The van der Waals surface area contributed by atoms with Crippen molar-refractivity contribution in [2.75, 3.05) is 274 Å². The first-order valence-corrected chi connectivity index (χ1v) is 56.7. The number of piperidine rings is 2. The Morgan fingerprint density at radius 1 is 0.340 bits per heavy atom. The van der Waals surface area contributed by atoms with E-state index in [0.29, 0.717) is 36.3 Å². The Labute approximate surface area is 880 Å². The first kappa shape index (κ1) is 111. The fraction of sp³-hybridized carbons (Fsp3) is 0.636.